The Balaban J connectivity index is 1.25. The van der Waals surface area contributed by atoms with Gasteiger partial charge < -0.3 is 10.6 Å². The lowest BCUT2D eigenvalue weighted by molar-refractivity contribution is -0.115. The Hall–Kier alpha value is -3.85. The molecule has 4 aromatic carbocycles. The van der Waals surface area contributed by atoms with Crippen molar-refractivity contribution in [1.82, 2.24) is 0 Å². The summed E-state index contributed by atoms with van der Waals surface area (Å²) in [6, 6.07) is 36.8. The molecule has 0 amide bonds. The summed E-state index contributed by atoms with van der Waals surface area (Å²) in [6.07, 6.45) is 0. The second-order valence-corrected chi connectivity index (χ2v) is 7.13. The first-order chi connectivity index (χ1) is 14.8. The second-order valence-electron chi connectivity index (χ2n) is 7.13. The lowest BCUT2D eigenvalue weighted by atomic mass is 10.1. The Morgan fingerprint density at radius 2 is 0.800 bits per heavy atom. The summed E-state index contributed by atoms with van der Waals surface area (Å²) in [5.41, 5.74) is 6.57. The molecule has 3 heteroatoms. The van der Waals surface area contributed by atoms with Crippen LogP contribution in [0.5, 0.6) is 0 Å². The highest BCUT2D eigenvalue weighted by Gasteiger charge is 2.04. The van der Waals surface area contributed by atoms with E-state index < -0.39 is 0 Å². The summed E-state index contributed by atoms with van der Waals surface area (Å²) >= 11 is 0. The number of hydrogen-bond acceptors (Lipinski definition) is 3. The molecule has 0 aliphatic rings. The molecule has 30 heavy (non-hydrogen) atoms. The fraction of sp³-hybridized carbons (Fsp3) is 0.0741. The van der Waals surface area contributed by atoms with Crippen molar-refractivity contribution in [3.05, 3.63) is 109 Å². The number of benzene rings is 4. The van der Waals surface area contributed by atoms with Crippen molar-refractivity contribution in [2.75, 3.05) is 23.7 Å². The molecule has 0 atom stereocenters. The van der Waals surface area contributed by atoms with Crippen LogP contribution < -0.4 is 10.6 Å². The van der Waals surface area contributed by atoms with Crippen molar-refractivity contribution in [3.8, 4) is 22.3 Å². The molecule has 0 fully saturated rings. The normalized spacial score (nSPS) is 10.4. The van der Waals surface area contributed by atoms with Crippen LogP contribution >= 0.6 is 0 Å². The minimum atomic E-state index is 0.106. The minimum absolute atomic E-state index is 0.106. The molecule has 0 aliphatic heterocycles. The molecular formula is C27H24N2O. The van der Waals surface area contributed by atoms with Gasteiger partial charge in [-0.15, -0.1) is 0 Å². The van der Waals surface area contributed by atoms with E-state index in [9.17, 15) is 4.79 Å². The van der Waals surface area contributed by atoms with E-state index in [-0.39, 0.29) is 5.78 Å². The van der Waals surface area contributed by atoms with Gasteiger partial charge >= 0.3 is 0 Å². The summed E-state index contributed by atoms with van der Waals surface area (Å²) in [7, 11) is 0. The largest absolute Gasteiger partial charge is 0.378 e. The highest BCUT2D eigenvalue weighted by molar-refractivity contribution is 5.87. The second kappa shape index (κ2) is 9.57. The van der Waals surface area contributed by atoms with E-state index in [0.29, 0.717) is 13.1 Å². The molecule has 148 valence electrons. The standard InChI is InChI=1S/C27H24N2O/c30-27(19-28-25-15-11-23(12-16-25)21-7-3-1-4-8-21)20-29-26-17-13-24(14-18-26)22-9-5-2-6-10-22/h1-18,28-29H,19-20H2. The number of carbonyl (C=O) groups excluding carboxylic acids is 1. The molecule has 0 aliphatic carbocycles. The van der Waals surface area contributed by atoms with Crippen molar-refractivity contribution in [2.24, 2.45) is 0 Å². The molecule has 0 radical (unpaired) electrons. The predicted molar refractivity (Wildman–Crippen MR) is 126 cm³/mol. The van der Waals surface area contributed by atoms with Gasteiger partial charge in [0.15, 0.2) is 5.78 Å². The van der Waals surface area contributed by atoms with Crippen LogP contribution in [0.15, 0.2) is 109 Å². The zero-order chi connectivity index (χ0) is 20.6. The highest BCUT2D eigenvalue weighted by Crippen LogP contribution is 2.22. The number of nitrogens with one attached hydrogen (secondary N) is 2. The zero-order valence-corrected chi connectivity index (χ0v) is 16.7. The Bertz CT molecular complexity index is 984. The van der Waals surface area contributed by atoms with Gasteiger partial charge in [-0.05, 0) is 46.5 Å². The maximum atomic E-state index is 12.2. The molecule has 3 nitrogen and oxygen atoms in total. The van der Waals surface area contributed by atoms with Crippen LogP contribution in [0.25, 0.3) is 22.3 Å². The van der Waals surface area contributed by atoms with Gasteiger partial charge in [-0.2, -0.15) is 0 Å². The number of Topliss-reactive ketones (excluding diaryl/α,β-unsaturated/α-hetero) is 1. The van der Waals surface area contributed by atoms with Gasteiger partial charge in [-0.25, -0.2) is 0 Å². The van der Waals surface area contributed by atoms with Crippen LogP contribution in [0.1, 0.15) is 0 Å². The fourth-order valence-corrected chi connectivity index (χ4v) is 3.29. The van der Waals surface area contributed by atoms with E-state index in [2.05, 4.69) is 59.2 Å². The molecule has 0 saturated heterocycles. The van der Waals surface area contributed by atoms with Gasteiger partial charge in [0.1, 0.15) is 0 Å². The summed E-state index contributed by atoms with van der Waals surface area (Å²) in [4.78, 5) is 12.2. The SMILES string of the molecule is O=C(CNc1ccc(-c2ccccc2)cc1)CNc1ccc(-c2ccccc2)cc1. The Labute approximate surface area is 177 Å². The summed E-state index contributed by atoms with van der Waals surface area (Å²) in [6.45, 7) is 0.583. The highest BCUT2D eigenvalue weighted by atomic mass is 16.1. The van der Waals surface area contributed by atoms with Crippen LogP contribution in [0.3, 0.4) is 0 Å². The van der Waals surface area contributed by atoms with E-state index in [1.165, 1.54) is 11.1 Å². The first-order valence-electron chi connectivity index (χ1n) is 10.1. The molecule has 4 aromatic rings. The van der Waals surface area contributed by atoms with Crippen molar-refractivity contribution < 1.29 is 4.79 Å². The van der Waals surface area contributed by atoms with Gasteiger partial charge in [0, 0.05) is 11.4 Å². The van der Waals surface area contributed by atoms with Gasteiger partial charge in [0.25, 0.3) is 0 Å². The Morgan fingerprint density at radius 3 is 1.17 bits per heavy atom. The number of carbonyl (C=O) groups is 1. The maximum Gasteiger partial charge on any atom is 0.170 e. The quantitative estimate of drug-likeness (QED) is 0.380. The average molecular weight is 393 g/mol. The maximum absolute atomic E-state index is 12.2. The van der Waals surface area contributed by atoms with Crippen molar-refractivity contribution in [1.29, 1.82) is 0 Å². The molecule has 4 rings (SSSR count). The monoisotopic (exact) mass is 392 g/mol. The number of anilines is 2. The van der Waals surface area contributed by atoms with Crippen LogP contribution in [0, 0.1) is 0 Å². The molecule has 0 bridgehead atoms. The smallest absolute Gasteiger partial charge is 0.170 e. The third-order valence-electron chi connectivity index (χ3n) is 4.96. The minimum Gasteiger partial charge on any atom is -0.378 e. The third-order valence-corrected chi connectivity index (χ3v) is 4.96. The molecule has 0 heterocycles. The lowest BCUT2D eigenvalue weighted by Gasteiger charge is -2.09. The molecule has 0 spiro atoms. The van der Waals surface area contributed by atoms with Gasteiger partial charge in [0.05, 0.1) is 13.1 Å². The van der Waals surface area contributed by atoms with E-state index in [4.69, 9.17) is 0 Å². The summed E-state index contributed by atoms with van der Waals surface area (Å²) in [5.74, 6) is 0.106. The molecular weight excluding hydrogens is 368 g/mol. The lowest BCUT2D eigenvalue weighted by Crippen LogP contribution is -2.22. The van der Waals surface area contributed by atoms with Crippen molar-refractivity contribution in [2.45, 2.75) is 0 Å². The number of rotatable bonds is 8. The van der Waals surface area contributed by atoms with Crippen LogP contribution in [0.2, 0.25) is 0 Å². The van der Waals surface area contributed by atoms with E-state index in [1.54, 1.807) is 0 Å². The van der Waals surface area contributed by atoms with Gasteiger partial charge in [-0.3, -0.25) is 4.79 Å². The molecule has 0 aromatic heterocycles. The Morgan fingerprint density at radius 1 is 0.467 bits per heavy atom. The molecule has 0 unspecified atom stereocenters. The summed E-state index contributed by atoms with van der Waals surface area (Å²) < 4.78 is 0. The van der Waals surface area contributed by atoms with Gasteiger partial charge in [0.2, 0.25) is 0 Å². The third kappa shape index (κ3) is 5.15. The summed E-state index contributed by atoms with van der Waals surface area (Å²) in [5, 5.41) is 6.40. The van der Waals surface area contributed by atoms with Crippen LogP contribution in [0.4, 0.5) is 11.4 Å². The van der Waals surface area contributed by atoms with Gasteiger partial charge in [-0.1, -0.05) is 84.9 Å². The van der Waals surface area contributed by atoms with Crippen molar-refractivity contribution >= 4 is 17.2 Å². The number of ketones is 1. The average Bonchev–Trinajstić information content (AvgIpc) is 2.83. The Kier molecular flexibility index (Phi) is 6.21. The predicted octanol–water partition coefficient (Wildman–Crippen LogP) is 6.11. The number of hydrogen-bond donors (Lipinski definition) is 2. The van der Waals surface area contributed by atoms with E-state index >= 15 is 0 Å². The van der Waals surface area contributed by atoms with Crippen LogP contribution in [-0.2, 0) is 4.79 Å². The molecule has 2 N–H and O–H groups in total. The first kappa shape index (κ1) is 19.5. The van der Waals surface area contributed by atoms with Crippen molar-refractivity contribution in [3.63, 3.8) is 0 Å². The molecule has 0 saturated carbocycles. The van der Waals surface area contributed by atoms with Crippen LogP contribution in [-0.4, -0.2) is 18.9 Å². The fourth-order valence-electron chi connectivity index (χ4n) is 3.29. The van der Waals surface area contributed by atoms with E-state index in [1.807, 2.05) is 60.7 Å². The topological polar surface area (TPSA) is 41.1 Å². The van der Waals surface area contributed by atoms with E-state index in [0.717, 1.165) is 22.5 Å². The zero-order valence-electron chi connectivity index (χ0n) is 16.7. The first-order valence-corrected chi connectivity index (χ1v) is 10.1.